The Hall–Kier alpha value is -3.86. The molecule has 1 unspecified atom stereocenters. The summed E-state index contributed by atoms with van der Waals surface area (Å²) in [5.41, 5.74) is 3.47. The highest BCUT2D eigenvalue weighted by Crippen LogP contribution is 2.39. The maximum Gasteiger partial charge on any atom is 0.295 e. The molecule has 0 aliphatic carbocycles. The molecule has 1 aliphatic rings. The summed E-state index contributed by atoms with van der Waals surface area (Å²) in [6, 6.07) is 23.6. The summed E-state index contributed by atoms with van der Waals surface area (Å²) in [5, 5.41) is 11.1. The van der Waals surface area contributed by atoms with E-state index < -0.39 is 17.7 Å². The van der Waals surface area contributed by atoms with Gasteiger partial charge < -0.3 is 14.7 Å². The lowest BCUT2D eigenvalue weighted by atomic mass is 9.95. The van der Waals surface area contributed by atoms with Crippen LogP contribution in [-0.4, -0.2) is 35.4 Å². The van der Waals surface area contributed by atoms with E-state index in [0.29, 0.717) is 24.3 Å². The number of ketones is 1. The quantitative estimate of drug-likeness (QED) is 0.353. The van der Waals surface area contributed by atoms with E-state index in [1.807, 2.05) is 61.5 Å². The zero-order chi connectivity index (χ0) is 22.7. The van der Waals surface area contributed by atoms with Crippen molar-refractivity contribution in [1.82, 2.24) is 4.90 Å². The number of Topliss-reactive ketones (excluding diaryl/α,β-unsaturated/α-hetero) is 1. The zero-order valence-corrected chi connectivity index (χ0v) is 18.1. The number of carbonyl (C=O) groups is 2. The Labute approximate surface area is 187 Å². The SMILES string of the molecule is COc1ccc(C2/C(=C(/O)c3ccc(C)cc3)C(=O)C(=O)N2CCc2ccccc2)cc1. The van der Waals surface area contributed by atoms with Crippen LogP contribution in [0.15, 0.2) is 84.4 Å². The lowest BCUT2D eigenvalue weighted by Gasteiger charge is -2.25. The highest BCUT2D eigenvalue weighted by Gasteiger charge is 2.45. The molecular weight excluding hydrogens is 402 g/mol. The Bertz CT molecular complexity index is 1150. The topological polar surface area (TPSA) is 66.8 Å². The molecule has 5 nitrogen and oxygen atoms in total. The van der Waals surface area contributed by atoms with E-state index in [9.17, 15) is 14.7 Å². The van der Waals surface area contributed by atoms with E-state index in [2.05, 4.69) is 0 Å². The van der Waals surface area contributed by atoms with Gasteiger partial charge in [-0.15, -0.1) is 0 Å². The van der Waals surface area contributed by atoms with Crippen molar-refractivity contribution in [2.75, 3.05) is 13.7 Å². The van der Waals surface area contributed by atoms with Crippen molar-refractivity contribution in [1.29, 1.82) is 0 Å². The van der Waals surface area contributed by atoms with Crippen molar-refractivity contribution >= 4 is 17.4 Å². The lowest BCUT2D eigenvalue weighted by Crippen LogP contribution is -2.31. The number of likely N-dealkylation sites (tertiary alicyclic amines) is 1. The van der Waals surface area contributed by atoms with Crippen molar-refractivity contribution in [2.45, 2.75) is 19.4 Å². The van der Waals surface area contributed by atoms with Crippen molar-refractivity contribution < 1.29 is 19.4 Å². The van der Waals surface area contributed by atoms with Gasteiger partial charge in [0.1, 0.15) is 11.5 Å². The number of aliphatic hydroxyl groups excluding tert-OH is 1. The number of aryl methyl sites for hydroxylation is 1. The van der Waals surface area contributed by atoms with Crippen LogP contribution < -0.4 is 4.74 Å². The number of methoxy groups -OCH3 is 1. The van der Waals surface area contributed by atoms with Gasteiger partial charge in [-0.05, 0) is 36.6 Å². The van der Waals surface area contributed by atoms with Gasteiger partial charge in [0.15, 0.2) is 0 Å². The van der Waals surface area contributed by atoms with Crippen LogP contribution in [0.2, 0.25) is 0 Å². The van der Waals surface area contributed by atoms with E-state index in [1.165, 1.54) is 0 Å². The zero-order valence-electron chi connectivity index (χ0n) is 18.1. The summed E-state index contributed by atoms with van der Waals surface area (Å²) in [6.07, 6.45) is 0.602. The molecule has 1 N–H and O–H groups in total. The van der Waals surface area contributed by atoms with Crippen LogP contribution >= 0.6 is 0 Å². The van der Waals surface area contributed by atoms with E-state index in [1.54, 1.807) is 36.3 Å². The summed E-state index contributed by atoms with van der Waals surface area (Å²) in [6.45, 7) is 2.31. The largest absolute Gasteiger partial charge is 0.507 e. The molecule has 1 aliphatic heterocycles. The third-order valence-corrected chi connectivity index (χ3v) is 5.78. The van der Waals surface area contributed by atoms with Gasteiger partial charge in [0, 0.05) is 12.1 Å². The van der Waals surface area contributed by atoms with Crippen molar-refractivity contribution in [3.8, 4) is 5.75 Å². The summed E-state index contributed by atoms with van der Waals surface area (Å²) >= 11 is 0. The molecule has 1 heterocycles. The molecular formula is C27H25NO4. The second-order valence-corrected chi connectivity index (χ2v) is 7.87. The molecule has 0 bridgehead atoms. The minimum absolute atomic E-state index is 0.108. The predicted molar refractivity (Wildman–Crippen MR) is 123 cm³/mol. The highest BCUT2D eigenvalue weighted by atomic mass is 16.5. The van der Waals surface area contributed by atoms with Gasteiger partial charge in [0.2, 0.25) is 0 Å². The van der Waals surface area contributed by atoms with E-state index >= 15 is 0 Å². The Balaban J connectivity index is 1.77. The maximum atomic E-state index is 13.1. The summed E-state index contributed by atoms with van der Waals surface area (Å²) in [4.78, 5) is 27.7. The third-order valence-electron chi connectivity index (χ3n) is 5.78. The van der Waals surface area contributed by atoms with Gasteiger partial charge in [-0.1, -0.05) is 72.3 Å². The molecule has 0 radical (unpaired) electrons. The first-order valence-electron chi connectivity index (χ1n) is 10.5. The minimum Gasteiger partial charge on any atom is -0.507 e. The maximum absolute atomic E-state index is 13.1. The molecule has 5 heteroatoms. The Morgan fingerprint density at radius 3 is 2.22 bits per heavy atom. The van der Waals surface area contributed by atoms with Crippen LogP contribution in [-0.2, 0) is 16.0 Å². The molecule has 3 aromatic carbocycles. The standard InChI is InChI=1S/C27H25NO4/c1-18-8-10-21(11-9-18)25(29)23-24(20-12-14-22(32-2)15-13-20)28(27(31)26(23)30)17-16-19-6-4-3-5-7-19/h3-15,24,29H,16-17H2,1-2H3/b25-23-. The summed E-state index contributed by atoms with van der Waals surface area (Å²) < 4.78 is 5.25. The number of carbonyl (C=O) groups excluding carboxylic acids is 2. The molecule has 1 saturated heterocycles. The predicted octanol–water partition coefficient (Wildman–Crippen LogP) is 4.67. The number of aliphatic hydroxyl groups is 1. The van der Waals surface area contributed by atoms with Crippen molar-refractivity contribution in [2.24, 2.45) is 0 Å². The van der Waals surface area contributed by atoms with Crippen LogP contribution in [0.1, 0.15) is 28.3 Å². The molecule has 32 heavy (non-hydrogen) atoms. The first kappa shape index (κ1) is 21.4. The van der Waals surface area contributed by atoms with Gasteiger partial charge in [-0.25, -0.2) is 0 Å². The normalized spacial score (nSPS) is 17.6. The smallest absolute Gasteiger partial charge is 0.295 e. The second-order valence-electron chi connectivity index (χ2n) is 7.87. The van der Waals surface area contributed by atoms with Gasteiger partial charge in [-0.2, -0.15) is 0 Å². The van der Waals surface area contributed by atoms with Gasteiger partial charge in [-0.3, -0.25) is 9.59 Å². The monoisotopic (exact) mass is 427 g/mol. The number of ether oxygens (including phenoxy) is 1. The number of amides is 1. The van der Waals surface area contributed by atoms with Crippen LogP contribution in [0.3, 0.4) is 0 Å². The average Bonchev–Trinajstić information content (AvgIpc) is 3.08. The van der Waals surface area contributed by atoms with Crippen LogP contribution in [0.25, 0.3) is 5.76 Å². The van der Waals surface area contributed by atoms with Gasteiger partial charge in [0.25, 0.3) is 11.7 Å². The lowest BCUT2D eigenvalue weighted by molar-refractivity contribution is -0.139. The first-order valence-corrected chi connectivity index (χ1v) is 10.5. The molecule has 1 atom stereocenters. The fraction of sp³-hybridized carbons (Fsp3) is 0.185. The summed E-state index contributed by atoms with van der Waals surface area (Å²) in [7, 11) is 1.58. The van der Waals surface area contributed by atoms with E-state index in [4.69, 9.17) is 4.74 Å². The van der Waals surface area contributed by atoms with Gasteiger partial charge >= 0.3 is 0 Å². The van der Waals surface area contributed by atoms with Crippen LogP contribution in [0.5, 0.6) is 5.75 Å². The molecule has 4 rings (SSSR count). The number of nitrogens with zero attached hydrogens (tertiary/aromatic N) is 1. The molecule has 162 valence electrons. The minimum atomic E-state index is -0.675. The van der Waals surface area contributed by atoms with Crippen LogP contribution in [0, 0.1) is 6.92 Å². The first-order chi connectivity index (χ1) is 15.5. The molecule has 1 amide bonds. The Kier molecular flexibility index (Phi) is 6.08. The van der Waals surface area contributed by atoms with E-state index in [-0.39, 0.29) is 11.3 Å². The number of hydrogen-bond acceptors (Lipinski definition) is 4. The third kappa shape index (κ3) is 4.14. The average molecular weight is 428 g/mol. The number of rotatable bonds is 6. The Morgan fingerprint density at radius 1 is 0.938 bits per heavy atom. The molecule has 0 aromatic heterocycles. The number of hydrogen-bond donors (Lipinski definition) is 1. The molecule has 1 fully saturated rings. The van der Waals surface area contributed by atoms with Crippen LogP contribution in [0.4, 0.5) is 0 Å². The van der Waals surface area contributed by atoms with Crippen molar-refractivity contribution in [3.05, 3.63) is 107 Å². The molecule has 0 saturated carbocycles. The van der Waals surface area contributed by atoms with E-state index in [0.717, 1.165) is 16.7 Å². The number of benzene rings is 3. The Morgan fingerprint density at radius 2 is 1.59 bits per heavy atom. The fourth-order valence-electron chi connectivity index (χ4n) is 4.00. The fourth-order valence-corrected chi connectivity index (χ4v) is 4.00. The van der Waals surface area contributed by atoms with Crippen molar-refractivity contribution in [3.63, 3.8) is 0 Å². The second kappa shape index (κ2) is 9.10. The molecule has 0 spiro atoms. The summed E-state index contributed by atoms with van der Waals surface area (Å²) in [5.74, 6) is -0.757. The van der Waals surface area contributed by atoms with Gasteiger partial charge in [0.05, 0.1) is 18.7 Å². The molecule has 3 aromatic rings. The highest BCUT2D eigenvalue weighted by molar-refractivity contribution is 6.46.